The number of hydrogen-bond donors (Lipinski definition) is 1. The second-order valence-electron chi connectivity index (χ2n) is 8.53. The van der Waals surface area contributed by atoms with E-state index in [2.05, 4.69) is 10.2 Å². The summed E-state index contributed by atoms with van der Waals surface area (Å²) in [5.74, 6) is -2.30. The fourth-order valence-electron chi connectivity index (χ4n) is 4.80. The highest BCUT2D eigenvalue weighted by atomic mass is 16.3. The fourth-order valence-corrected chi connectivity index (χ4v) is 4.80. The molecule has 7 heteroatoms. The summed E-state index contributed by atoms with van der Waals surface area (Å²) < 4.78 is 0. The Morgan fingerprint density at radius 2 is 1.18 bits per heavy atom. The molecule has 0 unspecified atom stereocenters. The fraction of sp³-hybridized carbons (Fsp3) is 0.185. The minimum atomic E-state index is -0.683. The number of rotatable bonds is 5. The molecule has 0 aliphatic carbocycles. The molecule has 34 heavy (non-hydrogen) atoms. The third kappa shape index (κ3) is 3.65. The maximum absolute atomic E-state index is 13.7. The van der Waals surface area contributed by atoms with Gasteiger partial charge < -0.3 is 5.11 Å². The topological polar surface area (TPSA) is 85.6 Å². The number of benzene rings is 3. The highest BCUT2D eigenvalue weighted by Gasteiger charge is 2.50. The molecule has 5 rings (SSSR count). The zero-order valence-electron chi connectivity index (χ0n) is 18.9. The van der Waals surface area contributed by atoms with Crippen molar-refractivity contribution in [3.8, 4) is 5.75 Å². The van der Waals surface area contributed by atoms with E-state index >= 15 is 0 Å². The van der Waals surface area contributed by atoms with E-state index in [1.165, 1.54) is 10.0 Å². The number of nitrogens with zero attached hydrogens (tertiary/aromatic N) is 4. The molecule has 0 radical (unpaired) electrons. The molecule has 3 aromatic rings. The highest BCUT2D eigenvalue weighted by Crippen LogP contribution is 2.43. The molecule has 2 atom stereocenters. The second-order valence-corrected chi connectivity index (χ2v) is 8.53. The number of carbonyl (C=O) groups is 2. The highest BCUT2D eigenvalue weighted by molar-refractivity contribution is 6.19. The lowest BCUT2D eigenvalue weighted by molar-refractivity contribution is -0.122. The number of amides is 2. The van der Waals surface area contributed by atoms with Crippen LogP contribution in [0.4, 0.5) is 11.4 Å². The van der Waals surface area contributed by atoms with Crippen molar-refractivity contribution in [1.29, 1.82) is 0 Å². The van der Waals surface area contributed by atoms with Gasteiger partial charge in [-0.3, -0.25) is 9.59 Å². The SMILES string of the molecule is CC1=NN(c2ccccc2)C(=O)[C@@H]1C(c1cccc(O)c1)[C@H]1C(=O)N(c2ccccc2)N=C1C. The van der Waals surface area contributed by atoms with Crippen molar-refractivity contribution in [2.75, 3.05) is 10.0 Å². The molecule has 7 nitrogen and oxygen atoms in total. The van der Waals surface area contributed by atoms with E-state index in [1.54, 1.807) is 18.2 Å². The van der Waals surface area contributed by atoms with Crippen molar-refractivity contribution in [2.45, 2.75) is 19.8 Å². The van der Waals surface area contributed by atoms with Gasteiger partial charge in [0.25, 0.3) is 11.8 Å². The number of carbonyl (C=O) groups excluding carboxylic acids is 2. The average Bonchev–Trinajstić information content (AvgIpc) is 3.31. The third-order valence-electron chi connectivity index (χ3n) is 6.34. The molecule has 0 saturated heterocycles. The molecule has 2 heterocycles. The van der Waals surface area contributed by atoms with Crippen LogP contribution in [-0.2, 0) is 9.59 Å². The summed E-state index contributed by atoms with van der Waals surface area (Å²) in [5.41, 5.74) is 3.24. The number of phenols is 1. The zero-order valence-corrected chi connectivity index (χ0v) is 18.9. The van der Waals surface area contributed by atoms with Crippen LogP contribution in [0, 0.1) is 11.8 Å². The first-order valence-corrected chi connectivity index (χ1v) is 11.1. The van der Waals surface area contributed by atoms with Crippen LogP contribution < -0.4 is 10.0 Å². The number of para-hydroxylation sites is 2. The summed E-state index contributed by atoms with van der Waals surface area (Å²) in [7, 11) is 0. The predicted octanol–water partition coefficient (Wildman–Crippen LogP) is 4.55. The van der Waals surface area contributed by atoms with E-state index in [0.29, 0.717) is 28.4 Å². The number of hydrazone groups is 2. The van der Waals surface area contributed by atoms with Gasteiger partial charge in [-0.1, -0.05) is 48.5 Å². The summed E-state index contributed by atoms with van der Waals surface area (Å²) in [6.07, 6.45) is 0. The third-order valence-corrected chi connectivity index (χ3v) is 6.34. The van der Waals surface area contributed by atoms with Crippen LogP contribution in [0.2, 0.25) is 0 Å². The Kier molecular flexibility index (Phi) is 5.45. The van der Waals surface area contributed by atoms with E-state index in [1.807, 2.05) is 80.6 Å². The van der Waals surface area contributed by atoms with Gasteiger partial charge >= 0.3 is 0 Å². The van der Waals surface area contributed by atoms with Crippen LogP contribution in [0.25, 0.3) is 0 Å². The molecule has 170 valence electrons. The Hall–Kier alpha value is -4.26. The molecular weight excluding hydrogens is 428 g/mol. The average molecular weight is 453 g/mol. The van der Waals surface area contributed by atoms with E-state index < -0.39 is 17.8 Å². The molecule has 0 fully saturated rings. The van der Waals surface area contributed by atoms with Crippen molar-refractivity contribution in [2.24, 2.45) is 22.0 Å². The molecule has 1 N–H and O–H groups in total. The van der Waals surface area contributed by atoms with Crippen LogP contribution in [-0.4, -0.2) is 28.3 Å². The Bertz CT molecular complexity index is 1220. The molecule has 0 bridgehead atoms. The van der Waals surface area contributed by atoms with Crippen molar-refractivity contribution >= 4 is 34.6 Å². The maximum atomic E-state index is 13.7. The van der Waals surface area contributed by atoms with Gasteiger partial charge in [-0.25, -0.2) is 10.0 Å². The zero-order chi connectivity index (χ0) is 23.8. The Balaban J connectivity index is 1.58. The van der Waals surface area contributed by atoms with Gasteiger partial charge in [-0.2, -0.15) is 10.2 Å². The smallest absolute Gasteiger partial charge is 0.256 e. The van der Waals surface area contributed by atoms with Gasteiger partial charge in [0.05, 0.1) is 23.2 Å². The molecule has 0 spiro atoms. The van der Waals surface area contributed by atoms with Gasteiger partial charge in [0.2, 0.25) is 0 Å². The monoisotopic (exact) mass is 452 g/mol. The number of phenolic OH excluding ortho intramolecular Hbond substituents is 1. The van der Waals surface area contributed by atoms with Crippen LogP contribution >= 0.6 is 0 Å². The van der Waals surface area contributed by atoms with Crippen LogP contribution in [0.15, 0.2) is 95.1 Å². The Morgan fingerprint density at radius 1 is 0.706 bits per heavy atom. The van der Waals surface area contributed by atoms with Crippen LogP contribution in [0.3, 0.4) is 0 Å². The summed E-state index contributed by atoms with van der Waals surface area (Å²) >= 11 is 0. The molecule has 2 aliphatic heterocycles. The molecular formula is C27H24N4O3. The minimum absolute atomic E-state index is 0.0717. The molecule has 0 saturated carbocycles. The van der Waals surface area contributed by atoms with E-state index in [9.17, 15) is 14.7 Å². The minimum Gasteiger partial charge on any atom is -0.508 e. The summed E-state index contributed by atoms with van der Waals surface area (Å²) in [4.78, 5) is 27.4. The lowest BCUT2D eigenvalue weighted by atomic mass is 9.73. The van der Waals surface area contributed by atoms with Crippen LogP contribution in [0.5, 0.6) is 5.75 Å². The summed E-state index contributed by atoms with van der Waals surface area (Å²) in [6.45, 7) is 3.62. The van der Waals surface area contributed by atoms with Crippen molar-refractivity contribution < 1.29 is 14.7 Å². The quantitative estimate of drug-likeness (QED) is 0.616. The first-order chi connectivity index (χ1) is 16.5. The number of aromatic hydroxyl groups is 1. The Labute approximate surface area is 197 Å². The first-order valence-electron chi connectivity index (χ1n) is 11.1. The lowest BCUT2D eigenvalue weighted by Gasteiger charge is -2.28. The van der Waals surface area contributed by atoms with Gasteiger partial charge in [-0.15, -0.1) is 0 Å². The van der Waals surface area contributed by atoms with Crippen molar-refractivity contribution in [1.82, 2.24) is 0 Å². The molecule has 0 aromatic heterocycles. The molecule has 2 aliphatic rings. The van der Waals surface area contributed by atoms with Gasteiger partial charge in [0.15, 0.2) is 0 Å². The normalized spacial score (nSPS) is 20.2. The van der Waals surface area contributed by atoms with Gasteiger partial charge in [-0.05, 0) is 55.8 Å². The van der Waals surface area contributed by atoms with E-state index in [4.69, 9.17) is 0 Å². The van der Waals surface area contributed by atoms with E-state index in [0.717, 1.165) is 0 Å². The largest absolute Gasteiger partial charge is 0.508 e. The molecule has 2 amide bonds. The molecule has 3 aromatic carbocycles. The number of hydrogen-bond acceptors (Lipinski definition) is 5. The van der Waals surface area contributed by atoms with Crippen molar-refractivity contribution in [3.63, 3.8) is 0 Å². The summed E-state index contributed by atoms with van der Waals surface area (Å²) in [6, 6.07) is 25.2. The lowest BCUT2D eigenvalue weighted by Crippen LogP contribution is -2.40. The summed E-state index contributed by atoms with van der Waals surface area (Å²) in [5, 5.41) is 22.1. The predicted molar refractivity (Wildman–Crippen MR) is 132 cm³/mol. The standard InChI is InChI=1S/C27H24N4O3/c1-17-23(26(33)30(28-17)20-11-5-3-6-12-20)25(19-10-9-15-22(32)16-19)24-18(2)29-31(27(24)34)21-13-7-4-8-14-21/h3-16,23-25,32H,1-2H3/t23-,24-/m0/s1. The second kappa shape index (κ2) is 8.59. The van der Waals surface area contributed by atoms with Crippen molar-refractivity contribution in [3.05, 3.63) is 90.5 Å². The van der Waals surface area contributed by atoms with E-state index in [-0.39, 0.29) is 17.6 Å². The first kappa shape index (κ1) is 21.6. The van der Waals surface area contributed by atoms with Gasteiger partial charge in [0, 0.05) is 17.3 Å². The van der Waals surface area contributed by atoms with Gasteiger partial charge in [0.1, 0.15) is 5.75 Å². The van der Waals surface area contributed by atoms with Crippen LogP contribution in [0.1, 0.15) is 25.3 Å². The maximum Gasteiger partial charge on any atom is 0.256 e. The Morgan fingerprint density at radius 3 is 1.62 bits per heavy atom. The number of anilines is 2.